The number of ketones is 1. The Balaban J connectivity index is 1.98. The lowest BCUT2D eigenvalue weighted by Crippen LogP contribution is -2.27. The number of hydrogen-bond acceptors (Lipinski definition) is 5. The van der Waals surface area contributed by atoms with E-state index in [9.17, 15) is 14.4 Å². The van der Waals surface area contributed by atoms with Gasteiger partial charge in [0.1, 0.15) is 11.0 Å². The number of primary amides is 1. The van der Waals surface area contributed by atoms with E-state index in [1.54, 1.807) is 12.1 Å². The highest BCUT2D eigenvalue weighted by atomic mass is 32.2. The van der Waals surface area contributed by atoms with Gasteiger partial charge in [0.25, 0.3) is 0 Å². The second-order valence-corrected chi connectivity index (χ2v) is 7.78. The number of carboxylic acid groups (broad SMARTS) is 1. The van der Waals surface area contributed by atoms with Gasteiger partial charge < -0.3 is 20.1 Å². The maximum atomic E-state index is 12.9. The van der Waals surface area contributed by atoms with E-state index >= 15 is 0 Å². The number of carbonyl (C=O) groups excluding carboxylic acids is 2. The average Bonchev–Trinajstić information content (AvgIpc) is 3.03. The van der Waals surface area contributed by atoms with Gasteiger partial charge in [-0.05, 0) is 17.7 Å². The van der Waals surface area contributed by atoms with Gasteiger partial charge in [0, 0.05) is 17.5 Å². The molecule has 8 heteroatoms. The Morgan fingerprint density at radius 3 is 2.62 bits per heavy atom. The lowest BCUT2D eigenvalue weighted by atomic mass is 10.0. The minimum absolute atomic E-state index is 0.0983. The van der Waals surface area contributed by atoms with Crippen LogP contribution in [-0.4, -0.2) is 39.7 Å². The van der Waals surface area contributed by atoms with E-state index in [0.29, 0.717) is 34.5 Å². The first kappa shape index (κ1) is 19.1. The van der Waals surface area contributed by atoms with Crippen molar-refractivity contribution in [2.45, 2.75) is 11.8 Å². The summed E-state index contributed by atoms with van der Waals surface area (Å²) in [6.07, 6.45) is 0. The SMILES string of the molecule is NC(=O)C1SCC(=O)c2c1c1c(OCC(=O)O)cccc1n2Cc1ccccc1. The number of thioether (sulfide) groups is 1. The Labute approximate surface area is 170 Å². The molecule has 4 rings (SSSR count). The summed E-state index contributed by atoms with van der Waals surface area (Å²) in [6.45, 7) is -0.100. The zero-order valence-corrected chi connectivity index (χ0v) is 16.1. The number of Topliss-reactive ketones (excluding diaryl/α,β-unsaturated/α-hetero) is 1. The van der Waals surface area contributed by atoms with Gasteiger partial charge in [-0.2, -0.15) is 0 Å². The molecule has 148 valence electrons. The smallest absolute Gasteiger partial charge is 0.341 e. The monoisotopic (exact) mass is 410 g/mol. The van der Waals surface area contributed by atoms with E-state index in [1.807, 2.05) is 41.0 Å². The first-order valence-electron chi connectivity index (χ1n) is 8.95. The minimum Gasteiger partial charge on any atom is -0.481 e. The first-order valence-corrected chi connectivity index (χ1v) is 10.00. The van der Waals surface area contributed by atoms with Crippen LogP contribution in [0.15, 0.2) is 48.5 Å². The van der Waals surface area contributed by atoms with Crippen molar-refractivity contribution < 1.29 is 24.2 Å². The summed E-state index contributed by atoms with van der Waals surface area (Å²) in [6, 6.07) is 14.9. The molecule has 2 heterocycles. The Morgan fingerprint density at radius 2 is 1.93 bits per heavy atom. The summed E-state index contributed by atoms with van der Waals surface area (Å²) < 4.78 is 7.35. The minimum atomic E-state index is -1.11. The van der Waals surface area contributed by atoms with E-state index in [4.69, 9.17) is 15.6 Å². The molecule has 1 amide bonds. The molecule has 0 radical (unpaired) electrons. The van der Waals surface area contributed by atoms with Gasteiger partial charge >= 0.3 is 5.97 Å². The fourth-order valence-corrected chi connectivity index (χ4v) is 4.70. The van der Waals surface area contributed by atoms with E-state index in [0.717, 1.165) is 5.56 Å². The molecule has 0 aliphatic carbocycles. The van der Waals surface area contributed by atoms with E-state index in [-0.39, 0.29) is 11.5 Å². The number of fused-ring (bicyclic) bond motifs is 3. The highest BCUT2D eigenvalue weighted by molar-refractivity contribution is 8.01. The number of carboxylic acids is 1. The summed E-state index contributed by atoms with van der Waals surface area (Å²) in [5.74, 6) is -1.29. The number of nitrogens with two attached hydrogens (primary N) is 1. The lowest BCUT2D eigenvalue weighted by molar-refractivity contribution is -0.139. The zero-order chi connectivity index (χ0) is 20.5. The standard InChI is InChI=1S/C21H18N2O5S/c22-21(27)20-18-17-13(7-4-8-15(17)28-10-16(25)26)23(19(18)14(24)11-29-20)9-12-5-2-1-3-6-12/h1-8,20H,9-11H2,(H2,22,27)(H,25,26). The van der Waals surface area contributed by atoms with Crippen LogP contribution < -0.4 is 10.5 Å². The quantitative estimate of drug-likeness (QED) is 0.646. The van der Waals surface area contributed by atoms with Crippen LogP contribution in [0.2, 0.25) is 0 Å². The van der Waals surface area contributed by atoms with Crippen molar-refractivity contribution in [2.75, 3.05) is 12.4 Å². The van der Waals surface area contributed by atoms with Crippen LogP contribution in [0.25, 0.3) is 10.9 Å². The molecule has 3 aromatic rings. The molecule has 0 fully saturated rings. The van der Waals surface area contributed by atoms with Crippen LogP contribution in [0.5, 0.6) is 5.75 Å². The summed E-state index contributed by atoms with van der Waals surface area (Å²) in [7, 11) is 0. The third kappa shape index (κ3) is 3.47. The molecule has 1 aliphatic heterocycles. The second-order valence-electron chi connectivity index (χ2n) is 6.68. The fourth-order valence-electron chi connectivity index (χ4n) is 3.68. The molecule has 1 atom stereocenters. The molecule has 0 saturated carbocycles. The third-order valence-electron chi connectivity index (χ3n) is 4.79. The molecule has 1 aromatic heterocycles. The van der Waals surface area contributed by atoms with Crippen molar-refractivity contribution >= 4 is 40.3 Å². The Hall–Kier alpha value is -3.26. The van der Waals surface area contributed by atoms with Crippen LogP contribution in [0.4, 0.5) is 0 Å². The highest BCUT2D eigenvalue weighted by Gasteiger charge is 2.37. The number of amides is 1. The molecule has 0 saturated heterocycles. The first-order chi connectivity index (χ1) is 14.0. The van der Waals surface area contributed by atoms with Crippen molar-refractivity contribution in [3.8, 4) is 5.75 Å². The number of carbonyl (C=O) groups is 3. The van der Waals surface area contributed by atoms with Crippen LogP contribution in [0.1, 0.15) is 26.9 Å². The third-order valence-corrected chi connectivity index (χ3v) is 6.02. The predicted octanol–water partition coefficient (Wildman–Crippen LogP) is 2.61. The molecule has 1 aliphatic rings. The largest absolute Gasteiger partial charge is 0.481 e. The molecule has 0 spiro atoms. The molecule has 2 aromatic carbocycles. The fraction of sp³-hybridized carbons (Fsp3) is 0.190. The molecular weight excluding hydrogens is 392 g/mol. The van der Waals surface area contributed by atoms with Crippen molar-refractivity contribution in [3.05, 3.63) is 65.4 Å². The van der Waals surface area contributed by atoms with Gasteiger partial charge in [0.2, 0.25) is 5.91 Å². The molecule has 3 N–H and O–H groups in total. The maximum absolute atomic E-state index is 12.9. The van der Waals surface area contributed by atoms with E-state index in [1.165, 1.54) is 11.8 Å². The summed E-state index contributed by atoms with van der Waals surface area (Å²) >= 11 is 1.18. The van der Waals surface area contributed by atoms with E-state index < -0.39 is 23.7 Å². The van der Waals surface area contributed by atoms with Gasteiger partial charge in [-0.25, -0.2) is 4.79 Å². The topological polar surface area (TPSA) is 112 Å². The molecule has 29 heavy (non-hydrogen) atoms. The lowest BCUT2D eigenvalue weighted by Gasteiger charge is -2.21. The maximum Gasteiger partial charge on any atom is 0.341 e. The number of rotatable bonds is 6. The summed E-state index contributed by atoms with van der Waals surface area (Å²) in [4.78, 5) is 36.0. The number of aromatic nitrogens is 1. The predicted molar refractivity (Wildman–Crippen MR) is 109 cm³/mol. The normalized spacial score (nSPS) is 15.9. The van der Waals surface area contributed by atoms with Crippen LogP contribution in [0.3, 0.4) is 0 Å². The molecule has 7 nitrogen and oxygen atoms in total. The molecular formula is C21H18N2O5S. The summed E-state index contributed by atoms with van der Waals surface area (Å²) in [5, 5.41) is 8.85. The Kier molecular flexibility index (Phi) is 5.02. The van der Waals surface area contributed by atoms with Crippen LogP contribution in [0, 0.1) is 0 Å². The van der Waals surface area contributed by atoms with Crippen molar-refractivity contribution in [1.29, 1.82) is 0 Å². The average molecular weight is 410 g/mol. The molecule has 0 bridgehead atoms. The summed E-state index contributed by atoms with van der Waals surface area (Å²) in [5.41, 5.74) is 8.26. The Bertz CT molecular complexity index is 1120. The van der Waals surface area contributed by atoms with E-state index in [2.05, 4.69) is 0 Å². The highest BCUT2D eigenvalue weighted by Crippen LogP contribution is 2.45. The van der Waals surface area contributed by atoms with Crippen molar-refractivity contribution in [3.63, 3.8) is 0 Å². The van der Waals surface area contributed by atoms with Crippen LogP contribution >= 0.6 is 11.8 Å². The van der Waals surface area contributed by atoms with Gasteiger partial charge in [-0.3, -0.25) is 9.59 Å². The number of benzene rings is 2. The number of nitrogens with zero attached hydrogens (tertiary/aromatic N) is 1. The Morgan fingerprint density at radius 1 is 1.17 bits per heavy atom. The van der Waals surface area contributed by atoms with Crippen molar-refractivity contribution in [2.24, 2.45) is 5.73 Å². The van der Waals surface area contributed by atoms with Gasteiger partial charge in [-0.15, -0.1) is 11.8 Å². The number of hydrogen-bond donors (Lipinski definition) is 2. The van der Waals surface area contributed by atoms with Gasteiger partial charge in [0.05, 0.1) is 17.0 Å². The van der Waals surface area contributed by atoms with Gasteiger partial charge in [-0.1, -0.05) is 36.4 Å². The molecule has 1 unspecified atom stereocenters. The van der Waals surface area contributed by atoms with Gasteiger partial charge in [0.15, 0.2) is 12.4 Å². The second kappa shape index (κ2) is 7.63. The zero-order valence-electron chi connectivity index (χ0n) is 15.3. The van der Waals surface area contributed by atoms with Crippen molar-refractivity contribution in [1.82, 2.24) is 4.57 Å². The number of aliphatic carboxylic acids is 1. The van der Waals surface area contributed by atoms with Crippen LogP contribution in [-0.2, 0) is 16.1 Å². The number of ether oxygens (including phenoxy) is 1.